The molecule has 1 atom stereocenters. The summed E-state index contributed by atoms with van der Waals surface area (Å²) in [5.41, 5.74) is 1.39. The zero-order chi connectivity index (χ0) is 21.1. The van der Waals surface area contributed by atoms with E-state index in [1.54, 1.807) is 51.1 Å². The molecule has 1 amide bonds. The average Bonchev–Trinajstić information content (AvgIpc) is 2.61. The Balaban J connectivity index is 2.50. The highest BCUT2D eigenvalue weighted by atomic mass is 35.5. The van der Waals surface area contributed by atoms with Gasteiger partial charge < -0.3 is 19.3 Å². The standard InChI is InChI=1S/C21H26ClNO5/c1-12-10-16(23-20(25)28-21(2,3)4)14(11-15(12)22)18(24)13-8-7-9-17(26-5)19(13)27-6/h7-11,18,24H,1-6H3,(H,23,25). The largest absolute Gasteiger partial charge is 0.493 e. The molecule has 0 aliphatic heterocycles. The molecular weight excluding hydrogens is 382 g/mol. The fourth-order valence-electron chi connectivity index (χ4n) is 2.74. The summed E-state index contributed by atoms with van der Waals surface area (Å²) in [4.78, 5) is 12.3. The molecule has 0 radical (unpaired) electrons. The van der Waals surface area contributed by atoms with Gasteiger partial charge in [0, 0.05) is 16.1 Å². The Kier molecular flexibility index (Phi) is 6.80. The number of carbonyl (C=O) groups excluding carboxylic acids is 1. The van der Waals surface area contributed by atoms with Gasteiger partial charge in [0.05, 0.1) is 19.9 Å². The van der Waals surface area contributed by atoms with E-state index >= 15 is 0 Å². The van der Waals surface area contributed by atoms with Crippen LogP contribution in [0.2, 0.25) is 5.02 Å². The van der Waals surface area contributed by atoms with E-state index in [1.165, 1.54) is 14.2 Å². The van der Waals surface area contributed by atoms with Gasteiger partial charge in [-0.05, 0) is 51.5 Å². The van der Waals surface area contributed by atoms with E-state index in [4.69, 9.17) is 25.8 Å². The van der Waals surface area contributed by atoms with Crippen LogP contribution >= 0.6 is 11.6 Å². The van der Waals surface area contributed by atoms with Crippen LogP contribution in [-0.2, 0) is 4.74 Å². The van der Waals surface area contributed by atoms with Crippen molar-refractivity contribution in [3.63, 3.8) is 0 Å². The van der Waals surface area contributed by atoms with E-state index in [2.05, 4.69) is 5.32 Å². The normalized spacial score (nSPS) is 12.3. The van der Waals surface area contributed by atoms with Gasteiger partial charge in [-0.1, -0.05) is 23.7 Å². The van der Waals surface area contributed by atoms with Crippen LogP contribution in [0.15, 0.2) is 30.3 Å². The molecular formula is C21H26ClNO5. The minimum atomic E-state index is -1.12. The number of benzene rings is 2. The molecule has 28 heavy (non-hydrogen) atoms. The fraction of sp³-hybridized carbons (Fsp3) is 0.381. The number of aliphatic hydroxyl groups excluding tert-OH is 1. The molecule has 0 heterocycles. The number of halogens is 1. The van der Waals surface area contributed by atoms with E-state index in [-0.39, 0.29) is 0 Å². The number of methoxy groups -OCH3 is 2. The number of rotatable bonds is 5. The summed E-state index contributed by atoms with van der Waals surface area (Å²) in [5, 5.41) is 14.2. The van der Waals surface area contributed by atoms with Crippen LogP contribution in [0.3, 0.4) is 0 Å². The van der Waals surface area contributed by atoms with Crippen molar-refractivity contribution in [3.05, 3.63) is 52.0 Å². The van der Waals surface area contributed by atoms with E-state index in [9.17, 15) is 9.90 Å². The van der Waals surface area contributed by atoms with Gasteiger partial charge >= 0.3 is 6.09 Å². The molecule has 1 unspecified atom stereocenters. The summed E-state index contributed by atoms with van der Waals surface area (Å²) in [5.74, 6) is 0.885. The van der Waals surface area contributed by atoms with Crippen LogP contribution < -0.4 is 14.8 Å². The van der Waals surface area contributed by atoms with Gasteiger partial charge in [0.25, 0.3) is 0 Å². The molecule has 0 saturated carbocycles. The van der Waals surface area contributed by atoms with Gasteiger partial charge in [0.1, 0.15) is 11.7 Å². The molecule has 0 fully saturated rings. The number of anilines is 1. The summed E-state index contributed by atoms with van der Waals surface area (Å²) < 4.78 is 16.0. The number of amides is 1. The Morgan fingerprint density at radius 2 is 1.82 bits per heavy atom. The van der Waals surface area contributed by atoms with Crippen molar-refractivity contribution in [2.75, 3.05) is 19.5 Å². The van der Waals surface area contributed by atoms with Crippen molar-refractivity contribution in [1.29, 1.82) is 0 Å². The molecule has 6 nitrogen and oxygen atoms in total. The highest BCUT2D eigenvalue weighted by Gasteiger charge is 2.24. The minimum Gasteiger partial charge on any atom is -0.493 e. The number of hydrogen-bond donors (Lipinski definition) is 2. The second-order valence-corrected chi connectivity index (χ2v) is 7.71. The Morgan fingerprint density at radius 1 is 1.14 bits per heavy atom. The third-order valence-corrected chi connectivity index (χ3v) is 4.40. The second-order valence-electron chi connectivity index (χ2n) is 7.30. The molecule has 0 spiro atoms. The number of para-hydroxylation sites is 1. The van der Waals surface area contributed by atoms with Crippen LogP contribution in [0.4, 0.5) is 10.5 Å². The quantitative estimate of drug-likeness (QED) is 0.721. The Labute approximate surface area is 170 Å². The van der Waals surface area contributed by atoms with Crippen molar-refractivity contribution < 1.29 is 24.1 Å². The van der Waals surface area contributed by atoms with Crippen molar-refractivity contribution in [3.8, 4) is 11.5 Å². The third kappa shape index (κ3) is 5.09. The first-order valence-electron chi connectivity index (χ1n) is 8.76. The smallest absolute Gasteiger partial charge is 0.412 e. The average molecular weight is 408 g/mol. The number of hydrogen-bond acceptors (Lipinski definition) is 5. The maximum atomic E-state index is 12.3. The molecule has 0 aromatic heterocycles. The first-order valence-corrected chi connectivity index (χ1v) is 9.14. The van der Waals surface area contributed by atoms with Gasteiger partial charge in [-0.3, -0.25) is 5.32 Å². The minimum absolute atomic E-state index is 0.397. The number of carbonyl (C=O) groups is 1. The van der Waals surface area contributed by atoms with E-state index in [0.717, 1.165) is 5.56 Å². The summed E-state index contributed by atoms with van der Waals surface area (Å²) in [7, 11) is 3.02. The van der Waals surface area contributed by atoms with E-state index in [1.807, 2.05) is 6.92 Å². The molecule has 2 rings (SSSR count). The first-order chi connectivity index (χ1) is 13.1. The molecule has 7 heteroatoms. The topological polar surface area (TPSA) is 77.0 Å². The first kappa shape index (κ1) is 21.9. The Hall–Kier alpha value is -2.44. The second kappa shape index (κ2) is 8.71. The van der Waals surface area contributed by atoms with Crippen LogP contribution in [0.1, 0.15) is 43.6 Å². The number of aliphatic hydroxyl groups is 1. The van der Waals surface area contributed by atoms with Crippen molar-refractivity contribution in [1.82, 2.24) is 0 Å². The summed E-state index contributed by atoms with van der Waals surface area (Å²) in [6, 6.07) is 8.51. The molecule has 0 aliphatic carbocycles. The van der Waals surface area contributed by atoms with Crippen molar-refractivity contribution >= 4 is 23.4 Å². The molecule has 0 bridgehead atoms. The maximum absolute atomic E-state index is 12.3. The zero-order valence-electron chi connectivity index (χ0n) is 16.9. The van der Waals surface area contributed by atoms with E-state index in [0.29, 0.717) is 33.3 Å². The van der Waals surface area contributed by atoms with Crippen molar-refractivity contribution in [2.45, 2.75) is 39.4 Å². The number of aryl methyl sites for hydroxylation is 1. The summed E-state index contributed by atoms with van der Waals surface area (Å²) >= 11 is 6.28. The molecule has 0 aliphatic rings. The predicted octanol–water partition coefficient (Wildman–Crippen LogP) is 5.09. The molecule has 2 aromatic rings. The predicted molar refractivity (Wildman–Crippen MR) is 110 cm³/mol. The highest BCUT2D eigenvalue weighted by molar-refractivity contribution is 6.31. The van der Waals surface area contributed by atoms with E-state index < -0.39 is 17.8 Å². The molecule has 152 valence electrons. The van der Waals surface area contributed by atoms with Crippen LogP contribution in [0.25, 0.3) is 0 Å². The van der Waals surface area contributed by atoms with Crippen LogP contribution in [0, 0.1) is 6.92 Å². The lowest BCUT2D eigenvalue weighted by Crippen LogP contribution is -2.27. The Morgan fingerprint density at radius 3 is 2.39 bits per heavy atom. The van der Waals surface area contributed by atoms with Gasteiger partial charge in [-0.25, -0.2) is 4.79 Å². The van der Waals surface area contributed by atoms with Crippen LogP contribution in [0.5, 0.6) is 11.5 Å². The van der Waals surface area contributed by atoms with Crippen LogP contribution in [-0.4, -0.2) is 31.0 Å². The molecule has 2 N–H and O–H groups in total. The van der Waals surface area contributed by atoms with Gasteiger partial charge in [-0.2, -0.15) is 0 Å². The zero-order valence-corrected chi connectivity index (χ0v) is 17.7. The third-order valence-electron chi connectivity index (χ3n) is 3.99. The van der Waals surface area contributed by atoms with Gasteiger partial charge in [0.15, 0.2) is 11.5 Å². The Bertz CT molecular complexity index is 861. The van der Waals surface area contributed by atoms with Gasteiger partial charge in [0.2, 0.25) is 0 Å². The highest BCUT2D eigenvalue weighted by Crippen LogP contribution is 2.40. The number of ether oxygens (including phenoxy) is 3. The molecule has 0 saturated heterocycles. The lowest BCUT2D eigenvalue weighted by molar-refractivity contribution is 0.0635. The monoisotopic (exact) mass is 407 g/mol. The molecule has 2 aromatic carbocycles. The SMILES string of the molecule is COc1cccc(C(O)c2cc(Cl)c(C)cc2NC(=O)OC(C)(C)C)c1OC. The lowest BCUT2D eigenvalue weighted by atomic mass is 9.97. The summed E-state index contributed by atoms with van der Waals surface area (Å²) in [6.07, 6.45) is -1.74. The summed E-state index contributed by atoms with van der Waals surface area (Å²) in [6.45, 7) is 7.13. The number of nitrogens with one attached hydrogen (secondary N) is 1. The van der Waals surface area contributed by atoms with Gasteiger partial charge in [-0.15, -0.1) is 0 Å². The van der Waals surface area contributed by atoms with Crippen molar-refractivity contribution in [2.24, 2.45) is 0 Å². The fourth-order valence-corrected chi connectivity index (χ4v) is 2.91. The lowest BCUT2D eigenvalue weighted by Gasteiger charge is -2.23. The maximum Gasteiger partial charge on any atom is 0.412 e.